The zero-order valence-electron chi connectivity index (χ0n) is 13.6. The van der Waals surface area contributed by atoms with E-state index in [-0.39, 0.29) is 11.6 Å². The molecule has 0 saturated heterocycles. The zero-order valence-corrected chi connectivity index (χ0v) is 13.6. The normalized spacial score (nSPS) is 14.4. The van der Waals surface area contributed by atoms with Gasteiger partial charge >= 0.3 is 6.18 Å². The molecule has 0 aromatic heterocycles. The highest BCUT2D eigenvalue weighted by molar-refractivity contribution is 5.76. The van der Waals surface area contributed by atoms with Crippen molar-refractivity contribution in [3.8, 4) is 0 Å². The summed E-state index contributed by atoms with van der Waals surface area (Å²) in [5.74, 6) is 0.262. The average molecular weight is 361 g/mol. The fourth-order valence-electron chi connectivity index (χ4n) is 2.63. The molecule has 7 nitrogen and oxygen atoms in total. The van der Waals surface area contributed by atoms with E-state index < -0.39 is 33.0 Å². The first-order valence-corrected chi connectivity index (χ1v) is 7.94. The van der Waals surface area contributed by atoms with Crippen LogP contribution in [0.2, 0.25) is 0 Å². The Morgan fingerprint density at radius 2 is 1.68 bits per heavy atom. The first kappa shape index (κ1) is 18.9. The number of hydrogen-bond donors (Lipinski definition) is 0. The molecule has 0 radical (unpaired) electrons. The van der Waals surface area contributed by atoms with Gasteiger partial charge in [-0.05, 0) is 25.2 Å². The molecule has 0 unspecified atom stereocenters. The summed E-state index contributed by atoms with van der Waals surface area (Å²) in [6.07, 6.45) is -1.71. The van der Waals surface area contributed by atoms with Crippen molar-refractivity contribution >= 4 is 17.1 Å². The van der Waals surface area contributed by atoms with Crippen molar-refractivity contribution in [2.24, 2.45) is 5.92 Å². The fourth-order valence-corrected chi connectivity index (χ4v) is 2.63. The maximum Gasteiger partial charge on any atom is 0.416 e. The number of alkyl halides is 3. The molecule has 1 aliphatic rings. The largest absolute Gasteiger partial charge is 0.416 e. The van der Waals surface area contributed by atoms with Crippen LogP contribution in [-0.4, -0.2) is 22.9 Å². The third-order valence-corrected chi connectivity index (χ3v) is 4.06. The summed E-state index contributed by atoms with van der Waals surface area (Å²) in [5, 5.41) is 22.7. The number of rotatable bonds is 8. The van der Waals surface area contributed by atoms with E-state index in [0.717, 1.165) is 19.3 Å². The molecule has 1 fully saturated rings. The molecule has 1 aromatic carbocycles. The summed E-state index contributed by atoms with van der Waals surface area (Å²) in [6.45, 7) is 2.58. The maximum atomic E-state index is 13.0. The molecule has 0 amide bonds. The third-order valence-electron chi connectivity index (χ3n) is 4.06. The number of nitro benzene ring substituents is 2. The molecule has 0 N–H and O–H groups in total. The molecule has 138 valence electrons. The van der Waals surface area contributed by atoms with Crippen LogP contribution in [0.25, 0.3) is 0 Å². The molecular weight excluding hydrogens is 343 g/mol. The minimum absolute atomic E-state index is 0.262. The molecule has 2 rings (SSSR count). The van der Waals surface area contributed by atoms with Gasteiger partial charge in [-0.25, -0.2) is 0 Å². The second-order valence-corrected chi connectivity index (χ2v) is 6.12. The topological polar surface area (TPSA) is 89.5 Å². The first-order chi connectivity index (χ1) is 11.6. The number of nitro groups is 2. The van der Waals surface area contributed by atoms with E-state index in [0.29, 0.717) is 31.6 Å². The second kappa shape index (κ2) is 7.24. The van der Waals surface area contributed by atoms with Crippen LogP contribution in [0, 0.1) is 26.1 Å². The Kier molecular flexibility index (Phi) is 5.48. The maximum absolute atomic E-state index is 13.0. The Morgan fingerprint density at radius 1 is 1.16 bits per heavy atom. The predicted octanol–water partition coefficient (Wildman–Crippen LogP) is 4.54. The minimum atomic E-state index is -4.90. The van der Waals surface area contributed by atoms with Crippen LogP contribution in [0.4, 0.5) is 30.2 Å². The monoisotopic (exact) mass is 361 g/mol. The van der Waals surface area contributed by atoms with Crippen molar-refractivity contribution < 1.29 is 23.0 Å². The third kappa shape index (κ3) is 4.58. The van der Waals surface area contributed by atoms with Gasteiger partial charge in [0.05, 0.1) is 15.4 Å². The molecule has 1 saturated carbocycles. The molecule has 0 spiro atoms. The highest BCUT2D eigenvalue weighted by Crippen LogP contribution is 2.44. The van der Waals surface area contributed by atoms with Gasteiger partial charge < -0.3 is 4.90 Å². The Morgan fingerprint density at radius 3 is 2.04 bits per heavy atom. The average Bonchev–Trinajstić information content (AvgIpc) is 3.33. The Bertz CT molecular complexity index is 639. The lowest BCUT2D eigenvalue weighted by Crippen LogP contribution is -2.28. The van der Waals surface area contributed by atoms with Gasteiger partial charge in [-0.2, -0.15) is 13.2 Å². The molecule has 1 aromatic rings. The number of anilines is 1. The van der Waals surface area contributed by atoms with Crippen molar-refractivity contribution in [2.75, 3.05) is 18.0 Å². The van der Waals surface area contributed by atoms with Crippen LogP contribution < -0.4 is 4.90 Å². The summed E-state index contributed by atoms with van der Waals surface area (Å²) >= 11 is 0. The molecule has 0 aliphatic heterocycles. The van der Waals surface area contributed by atoms with Crippen molar-refractivity contribution in [3.05, 3.63) is 37.9 Å². The summed E-state index contributed by atoms with van der Waals surface area (Å²) in [5.41, 5.74) is -3.48. The molecule has 25 heavy (non-hydrogen) atoms. The number of nitrogens with zero attached hydrogens (tertiary/aromatic N) is 3. The van der Waals surface area contributed by atoms with Crippen molar-refractivity contribution in [3.63, 3.8) is 0 Å². The Hall–Kier alpha value is -2.39. The lowest BCUT2D eigenvalue weighted by molar-refractivity contribution is -0.393. The van der Waals surface area contributed by atoms with Gasteiger partial charge in [0.2, 0.25) is 0 Å². The fraction of sp³-hybridized carbons (Fsp3) is 0.600. The van der Waals surface area contributed by atoms with E-state index in [2.05, 4.69) is 0 Å². The summed E-state index contributed by atoms with van der Waals surface area (Å²) in [4.78, 5) is 22.2. The molecule has 0 heterocycles. The number of unbranched alkanes of at least 4 members (excludes halogenated alkanes) is 1. The highest BCUT2D eigenvalue weighted by Gasteiger charge is 2.40. The lowest BCUT2D eigenvalue weighted by atomic mass is 10.1. The van der Waals surface area contributed by atoms with Gasteiger partial charge in [0.15, 0.2) is 5.69 Å². The summed E-state index contributed by atoms with van der Waals surface area (Å²) in [6, 6.07) is 0.766. The zero-order chi connectivity index (χ0) is 18.8. The van der Waals surface area contributed by atoms with E-state index in [4.69, 9.17) is 0 Å². The number of benzene rings is 1. The van der Waals surface area contributed by atoms with Crippen molar-refractivity contribution in [2.45, 2.75) is 38.8 Å². The number of hydrogen-bond acceptors (Lipinski definition) is 5. The van der Waals surface area contributed by atoms with Gasteiger partial charge in [0.25, 0.3) is 11.4 Å². The van der Waals surface area contributed by atoms with Crippen LogP contribution in [-0.2, 0) is 6.18 Å². The van der Waals surface area contributed by atoms with Crippen LogP contribution in [0.15, 0.2) is 12.1 Å². The Labute approximate surface area is 141 Å². The van der Waals surface area contributed by atoms with Crippen molar-refractivity contribution in [1.82, 2.24) is 0 Å². The van der Waals surface area contributed by atoms with E-state index in [1.165, 1.54) is 4.90 Å². The number of halogens is 3. The van der Waals surface area contributed by atoms with Crippen LogP contribution in [0.3, 0.4) is 0 Å². The van der Waals surface area contributed by atoms with Gasteiger partial charge in [-0.3, -0.25) is 20.2 Å². The molecule has 1 aliphatic carbocycles. The van der Waals surface area contributed by atoms with E-state index >= 15 is 0 Å². The van der Waals surface area contributed by atoms with Crippen LogP contribution in [0.5, 0.6) is 0 Å². The first-order valence-electron chi connectivity index (χ1n) is 7.94. The van der Waals surface area contributed by atoms with E-state index in [1.807, 2.05) is 6.92 Å². The second-order valence-electron chi connectivity index (χ2n) is 6.12. The summed E-state index contributed by atoms with van der Waals surface area (Å²) < 4.78 is 38.9. The van der Waals surface area contributed by atoms with Crippen LogP contribution >= 0.6 is 0 Å². The standard InChI is InChI=1S/C15H18F3N3O4/c1-2-3-6-19(9-10-4-5-10)14-12(20(22)23)7-11(15(16,17)18)8-13(14)21(24)25/h7-8,10H,2-6,9H2,1H3. The van der Waals surface area contributed by atoms with Gasteiger partial charge in [0.1, 0.15) is 0 Å². The SMILES string of the molecule is CCCCN(CC1CC1)c1c([N+](=O)[O-])cc(C(F)(F)F)cc1[N+](=O)[O-]. The van der Waals surface area contributed by atoms with E-state index in [9.17, 15) is 33.4 Å². The van der Waals surface area contributed by atoms with Crippen molar-refractivity contribution in [1.29, 1.82) is 0 Å². The molecule has 0 bridgehead atoms. The van der Waals surface area contributed by atoms with Crippen LogP contribution in [0.1, 0.15) is 38.2 Å². The molecule has 0 atom stereocenters. The quantitative estimate of drug-likeness (QED) is 0.501. The smallest absolute Gasteiger partial charge is 0.360 e. The van der Waals surface area contributed by atoms with Gasteiger partial charge in [0, 0.05) is 25.2 Å². The summed E-state index contributed by atoms with van der Waals surface area (Å²) in [7, 11) is 0. The van der Waals surface area contributed by atoms with E-state index in [1.54, 1.807) is 0 Å². The lowest BCUT2D eigenvalue weighted by Gasteiger charge is -2.24. The highest BCUT2D eigenvalue weighted by atomic mass is 19.4. The molecular formula is C15H18F3N3O4. The minimum Gasteiger partial charge on any atom is -0.360 e. The predicted molar refractivity (Wildman–Crippen MR) is 84.6 cm³/mol. The molecule has 10 heteroatoms. The van der Waals surface area contributed by atoms with Gasteiger partial charge in [-0.1, -0.05) is 13.3 Å². The van der Waals surface area contributed by atoms with Gasteiger partial charge in [-0.15, -0.1) is 0 Å². The Balaban J connectivity index is 2.62.